The standard InChI is InChI=1S/C12H17BrN2O2S/c1-8-11(13)4-10(6-14)5-12(8)18(16,17)15-7-9-2-3-9/h4-5,9,15H,2-3,6-7,14H2,1H3. The molecule has 18 heavy (non-hydrogen) atoms. The van der Waals surface area contributed by atoms with E-state index in [1.165, 1.54) is 0 Å². The van der Waals surface area contributed by atoms with E-state index in [0.29, 0.717) is 23.9 Å². The average molecular weight is 333 g/mol. The first-order valence-corrected chi connectivity index (χ1v) is 8.20. The Hall–Kier alpha value is -0.430. The number of nitrogens with two attached hydrogens (primary N) is 1. The molecule has 0 amide bonds. The number of halogens is 1. The van der Waals surface area contributed by atoms with Crippen molar-refractivity contribution in [3.05, 3.63) is 27.7 Å². The van der Waals surface area contributed by atoms with Crippen LogP contribution in [-0.4, -0.2) is 15.0 Å². The van der Waals surface area contributed by atoms with Crippen LogP contribution in [0.5, 0.6) is 0 Å². The van der Waals surface area contributed by atoms with Crippen molar-refractivity contribution in [3.8, 4) is 0 Å². The van der Waals surface area contributed by atoms with Crippen LogP contribution in [0.3, 0.4) is 0 Å². The minimum absolute atomic E-state index is 0.318. The molecule has 1 aromatic carbocycles. The van der Waals surface area contributed by atoms with E-state index in [1.807, 2.05) is 6.07 Å². The largest absolute Gasteiger partial charge is 0.326 e. The molecule has 1 saturated carbocycles. The van der Waals surface area contributed by atoms with Crippen LogP contribution in [0.15, 0.2) is 21.5 Å². The van der Waals surface area contributed by atoms with Gasteiger partial charge in [0.25, 0.3) is 0 Å². The van der Waals surface area contributed by atoms with Crippen LogP contribution in [0, 0.1) is 12.8 Å². The van der Waals surface area contributed by atoms with Crippen molar-refractivity contribution in [1.82, 2.24) is 4.72 Å². The van der Waals surface area contributed by atoms with Gasteiger partial charge in [-0.25, -0.2) is 13.1 Å². The first-order chi connectivity index (χ1) is 8.44. The Morgan fingerprint density at radius 1 is 1.44 bits per heavy atom. The summed E-state index contributed by atoms with van der Waals surface area (Å²) in [6.07, 6.45) is 2.24. The van der Waals surface area contributed by atoms with Gasteiger partial charge in [0, 0.05) is 17.6 Å². The van der Waals surface area contributed by atoms with Crippen molar-refractivity contribution < 1.29 is 8.42 Å². The second-order valence-corrected chi connectivity index (χ2v) is 7.29. The lowest BCUT2D eigenvalue weighted by Gasteiger charge is -2.12. The van der Waals surface area contributed by atoms with Crippen LogP contribution in [0.2, 0.25) is 0 Å². The fourth-order valence-corrected chi connectivity index (χ4v) is 3.80. The van der Waals surface area contributed by atoms with Gasteiger partial charge >= 0.3 is 0 Å². The average Bonchev–Trinajstić information content (AvgIpc) is 3.13. The maximum absolute atomic E-state index is 12.2. The highest BCUT2D eigenvalue weighted by Crippen LogP contribution is 2.29. The molecule has 1 aliphatic rings. The summed E-state index contributed by atoms with van der Waals surface area (Å²) >= 11 is 3.37. The van der Waals surface area contributed by atoms with Gasteiger partial charge in [-0.1, -0.05) is 15.9 Å². The van der Waals surface area contributed by atoms with E-state index in [9.17, 15) is 8.42 Å². The zero-order chi connectivity index (χ0) is 13.3. The minimum Gasteiger partial charge on any atom is -0.326 e. The zero-order valence-corrected chi connectivity index (χ0v) is 12.6. The van der Waals surface area contributed by atoms with Gasteiger partial charge < -0.3 is 5.73 Å². The fraction of sp³-hybridized carbons (Fsp3) is 0.500. The summed E-state index contributed by atoms with van der Waals surface area (Å²) < 4.78 is 27.9. The van der Waals surface area contributed by atoms with Gasteiger partial charge in [-0.3, -0.25) is 0 Å². The topological polar surface area (TPSA) is 72.2 Å². The van der Waals surface area contributed by atoms with Crippen molar-refractivity contribution >= 4 is 26.0 Å². The molecule has 3 N–H and O–H groups in total. The first-order valence-electron chi connectivity index (χ1n) is 5.93. The number of hydrogen-bond donors (Lipinski definition) is 2. The molecule has 0 radical (unpaired) electrons. The number of nitrogens with one attached hydrogen (secondary N) is 1. The quantitative estimate of drug-likeness (QED) is 0.864. The molecule has 0 atom stereocenters. The SMILES string of the molecule is Cc1c(Br)cc(CN)cc1S(=O)(=O)NCC1CC1. The van der Waals surface area contributed by atoms with E-state index in [4.69, 9.17) is 5.73 Å². The predicted octanol–water partition coefficient (Wildman–Crippen LogP) is 1.90. The van der Waals surface area contributed by atoms with E-state index >= 15 is 0 Å². The molecule has 0 aliphatic heterocycles. The van der Waals surface area contributed by atoms with E-state index < -0.39 is 10.0 Å². The number of hydrogen-bond acceptors (Lipinski definition) is 3. The van der Waals surface area contributed by atoms with Crippen molar-refractivity contribution in [3.63, 3.8) is 0 Å². The Balaban J connectivity index is 2.32. The van der Waals surface area contributed by atoms with Crippen molar-refractivity contribution in [2.45, 2.75) is 31.2 Å². The zero-order valence-electron chi connectivity index (χ0n) is 10.2. The van der Waals surface area contributed by atoms with Gasteiger partial charge in [0.05, 0.1) is 4.90 Å². The highest BCUT2D eigenvalue weighted by molar-refractivity contribution is 9.10. The van der Waals surface area contributed by atoms with Crippen LogP contribution in [0.1, 0.15) is 24.0 Å². The smallest absolute Gasteiger partial charge is 0.240 e. The molecule has 1 fully saturated rings. The first kappa shape index (κ1) is 14.0. The molecule has 0 saturated heterocycles. The van der Waals surface area contributed by atoms with E-state index in [1.54, 1.807) is 13.0 Å². The third-order valence-electron chi connectivity index (χ3n) is 3.14. The normalized spacial score (nSPS) is 15.9. The van der Waals surface area contributed by atoms with E-state index in [2.05, 4.69) is 20.7 Å². The van der Waals surface area contributed by atoms with Gasteiger partial charge in [-0.05, 0) is 48.9 Å². The lowest BCUT2D eigenvalue weighted by molar-refractivity contribution is 0.576. The number of rotatable bonds is 5. The molecular formula is C12H17BrN2O2S. The van der Waals surface area contributed by atoms with Crippen LogP contribution >= 0.6 is 15.9 Å². The molecule has 0 spiro atoms. The monoisotopic (exact) mass is 332 g/mol. The molecule has 0 unspecified atom stereocenters. The molecule has 0 bridgehead atoms. The molecule has 1 aromatic rings. The Labute approximate surface area is 116 Å². The Kier molecular flexibility index (Phi) is 4.11. The van der Waals surface area contributed by atoms with Crippen LogP contribution < -0.4 is 10.5 Å². The maximum Gasteiger partial charge on any atom is 0.240 e. The summed E-state index contributed by atoms with van der Waals surface area (Å²) in [7, 11) is -3.44. The molecule has 1 aliphatic carbocycles. The maximum atomic E-state index is 12.2. The lowest BCUT2D eigenvalue weighted by Crippen LogP contribution is -2.26. The Bertz CT molecular complexity index is 553. The fourth-order valence-electron chi connectivity index (χ4n) is 1.73. The van der Waals surface area contributed by atoms with Crippen molar-refractivity contribution in [1.29, 1.82) is 0 Å². The van der Waals surface area contributed by atoms with Crippen LogP contribution in [0.25, 0.3) is 0 Å². The van der Waals surface area contributed by atoms with Gasteiger partial charge in [0.2, 0.25) is 10.0 Å². The second kappa shape index (κ2) is 5.28. The summed E-state index contributed by atoms with van der Waals surface area (Å²) in [5.41, 5.74) is 7.10. The van der Waals surface area contributed by atoms with Crippen molar-refractivity contribution in [2.24, 2.45) is 11.7 Å². The second-order valence-electron chi connectivity index (χ2n) is 4.70. The van der Waals surface area contributed by atoms with Crippen molar-refractivity contribution in [2.75, 3.05) is 6.54 Å². The lowest BCUT2D eigenvalue weighted by atomic mass is 10.1. The summed E-state index contributed by atoms with van der Waals surface area (Å²) in [6, 6.07) is 3.50. The number of benzene rings is 1. The molecular weight excluding hydrogens is 316 g/mol. The summed E-state index contributed by atoms with van der Waals surface area (Å²) in [6.45, 7) is 2.65. The third kappa shape index (κ3) is 3.12. The van der Waals surface area contributed by atoms with E-state index in [0.717, 1.165) is 28.4 Å². The van der Waals surface area contributed by atoms with E-state index in [-0.39, 0.29) is 0 Å². The molecule has 0 heterocycles. The predicted molar refractivity (Wildman–Crippen MR) is 74.7 cm³/mol. The van der Waals surface area contributed by atoms with Gasteiger partial charge in [-0.2, -0.15) is 0 Å². The Morgan fingerprint density at radius 2 is 2.11 bits per heavy atom. The molecule has 2 rings (SSSR count). The molecule has 4 nitrogen and oxygen atoms in total. The highest BCUT2D eigenvalue weighted by Gasteiger charge is 2.25. The van der Waals surface area contributed by atoms with Crippen LogP contribution in [-0.2, 0) is 16.6 Å². The summed E-state index contributed by atoms with van der Waals surface area (Å²) in [4.78, 5) is 0.318. The number of sulfonamides is 1. The molecule has 0 aromatic heterocycles. The highest BCUT2D eigenvalue weighted by atomic mass is 79.9. The third-order valence-corrected chi connectivity index (χ3v) is 5.51. The molecule has 6 heteroatoms. The minimum atomic E-state index is -3.44. The van der Waals surface area contributed by atoms with Gasteiger partial charge in [-0.15, -0.1) is 0 Å². The molecule has 100 valence electrons. The van der Waals surface area contributed by atoms with Gasteiger partial charge in [0.1, 0.15) is 0 Å². The van der Waals surface area contributed by atoms with Crippen LogP contribution in [0.4, 0.5) is 0 Å². The summed E-state index contributed by atoms with van der Waals surface area (Å²) in [5, 5.41) is 0. The van der Waals surface area contributed by atoms with Gasteiger partial charge in [0.15, 0.2) is 0 Å². The Morgan fingerprint density at radius 3 is 2.67 bits per heavy atom. The summed E-state index contributed by atoms with van der Waals surface area (Å²) in [5.74, 6) is 0.515.